The number of nitrogens with one attached hydrogen (secondary N) is 1. The van der Waals surface area contributed by atoms with Gasteiger partial charge in [0, 0.05) is 29.7 Å². The summed E-state index contributed by atoms with van der Waals surface area (Å²) in [5, 5.41) is 2.85. The number of hydrogen-bond donors (Lipinski definition) is 2. The van der Waals surface area contributed by atoms with Crippen molar-refractivity contribution in [2.45, 2.75) is 19.9 Å². The minimum Gasteiger partial charge on any atom is -0.462 e. The quantitative estimate of drug-likeness (QED) is 0.616. The summed E-state index contributed by atoms with van der Waals surface area (Å²) in [4.78, 5) is 28.8. The van der Waals surface area contributed by atoms with Crippen LogP contribution >= 0.6 is 0 Å². The van der Waals surface area contributed by atoms with Gasteiger partial charge in [0.05, 0.1) is 12.2 Å². The van der Waals surface area contributed by atoms with Gasteiger partial charge in [-0.1, -0.05) is 18.2 Å². The molecule has 3 aromatic rings. The first-order valence-electron chi connectivity index (χ1n) is 9.38. The van der Waals surface area contributed by atoms with Crippen LogP contribution in [0, 0.1) is 0 Å². The van der Waals surface area contributed by atoms with Crippen LogP contribution in [-0.2, 0) is 4.74 Å². The number of hydrogen-bond acceptors (Lipinski definition) is 5. The van der Waals surface area contributed by atoms with Gasteiger partial charge in [-0.15, -0.1) is 0 Å². The van der Waals surface area contributed by atoms with E-state index in [0.717, 1.165) is 16.7 Å². The fourth-order valence-electron chi connectivity index (χ4n) is 3.01. The fourth-order valence-corrected chi connectivity index (χ4v) is 3.01. The highest BCUT2D eigenvalue weighted by Gasteiger charge is 2.15. The summed E-state index contributed by atoms with van der Waals surface area (Å²) in [6, 6.07) is 15.7. The molecule has 0 saturated heterocycles. The van der Waals surface area contributed by atoms with Crippen LogP contribution in [0.2, 0.25) is 0 Å². The highest BCUT2D eigenvalue weighted by Crippen LogP contribution is 2.30. The molecule has 6 nitrogen and oxygen atoms in total. The lowest BCUT2D eigenvalue weighted by atomic mass is 9.92. The summed E-state index contributed by atoms with van der Waals surface area (Å²) in [5.41, 5.74) is 10.2. The van der Waals surface area contributed by atoms with Crippen molar-refractivity contribution >= 4 is 17.6 Å². The monoisotopic (exact) mass is 389 g/mol. The molecule has 0 radical (unpaired) electrons. The van der Waals surface area contributed by atoms with E-state index in [2.05, 4.69) is 10.3 Å². The second-order valence-corrected chi connectivity index (χ2v) is 6.58. The van der Waals surface area contributed by atoms with Crippen molar-refractivity contribution in [2.75, 3.05) is 11.9 Å². The Morgan fingerprint density at radius 3 is 2.52 bits per heavy atom. The molecule has 1 atom stereocenters. The summed E-state index contributed by atoms with van der Waals surface area (Å²) >= 11 is 0. The van der Waals surface area contributed by atoms with Gasteiger partial charge in [-0.25, -0.2) is 4.79 Å². The van der Waals surface area contributed by atoms with Gasteiger partial charge in [0.25, 0.3) is 5.91 Å². The van der Waals surface area contributed by atoms with E-state index in [1.807, 2.05) is 19.1 Å². The maximum absolute atomic E-state index is 12.7. The lowest BCUT2D eigenvalue weighted by Gasteiger charge is -2.16. The van der Waals surface area contributed by atoms with Crippen molar-refractivity contribution in [2.24, 2.45) is 5.73 Å². The number of pyridine rings is 1. The Morgan fingerprint density at radius 1 is 1.07 bits per heavy atom. The number of anilines is 1. The molecule has 0 aliphatic rings. The highest BCUT2D eigenvalue weighted by atomic mass is 16.5. The normalized spacial score (nSPS) is 11.6. The van der Waals surface area contributed by atoms with Gasteiger partial charge in [0.1, 0.15) is 0 Å². The van der Waals surface area contributed by atoms with Crippen molar-refractivity contribution in [3.8, 4) is 11.1 Å². The van der Waals surface area contributed by atoms with Crippen LogP contribution in [0.4, 0.5) is 5.69 Å². The Balaban J connectivity index is 1.99. The molecule has 29 heavy (non-hydrogen) atoms. The third kappa shape index (κ3) is 4.86. The molecule has 0 fully saturated rings. The molecule has 0 aliphatic carbocycles. The van der Waals surface area contributed by atoms with Crippen LogP contribution in [0.15, 0.2) is 67.0 Å². The van der Waals surface area contributed by atoms with E-state index in [-0.39, 0.29) is 17.9 Å². The number of rotatable bonds is 6. The van der Waals surface area contributed by atoms with E-state index in [0.29, 0.717) is 23.4 Å². The van der Waals surface area contributed by atoms with E-state index < -0.39 is 0 Å². The molecule has 1 unspecified atom stereocenters. The Kier molecular flexibility index (Phi) is 6.36. The van der Waals surface area contributed by atoms with E-state index in [4.69, 9.17) is 10.5 Å². The van der Waals surface area contributed by atoms with Gasteiger partial charge in [-0.05, 0) is 66.9 Å². The smallest absolute Gasteiger partial charge is 0.338 e. The predicted octanol–water partition coefficient (Wildman–Crippen LogP) is 4.20. The summed E-state index contributed by atoms with van der Waals surface area (Å²) in [5.74, 6) is -0.626. The van der Waals surface area contributed by atoms with Crippen molar-refractivity contribution < 1.29 is 14.3 Å². The first-order valence-corrected chi connectivity index (χ1v) is 9.38. The third-order valence-electron chi connectivity index (χ3n) is 4.43. The highest BCUT2D eigenvalue weighted by molar-refractivity contribution is 6.05. The third-order valence-corrected chi connectivity index (χ3v) is 4.43. The molecule has 1 amide bonds. The maximum Gasteiger partial charge on any atom is 0.338 e. The summed E-state index contributed by atoms with van der Waals surface area (Å²) < 4.78 is 5.09. The molecule has 0 bridgehead atoms. The summed E-state index contributed by atoms with van der Waals surface area (Å²) in [7, 11) is 0. The van der Waals surface area contributed by atoms with Gasteiger partial charge in [0.2, 0.25) is 0 Å². The zero-order valence-electron chi connectivity index (χ0n) is 16.4. The number of carbonyl (C=O) groups is 2. The topological polar surface area (TPSA) is 94.3 Å². The molecule has 1 aromatic heterocycles. The molecule has 0 saturated carbocycles. The van der Waals surface area contributed by atoms with E-state index >= 15 is 0 Å². The minimum atomic E-state index is -0.386. The first-order chi connectivity index (χ1) is 14.0. The number of esters is 1. The molecule has 3 N–H and O–H groups in total. The van der Waals surface area contributed by atoms with Gasteiger partial charge in [0.15, 0.2) is 0 Å². The number of amides is 1. The van der Waals surface area contributed by atoms with Crippen LogP contribution in [0.1, 0.15) is 46.2 Å². The summed E-state index contributed by atoms with van der Waals surface area (Å²) in [6.07, 6.45) is 3.22. The Morgan fingerprint density at radius 2 is 1.83 bits per heavy atom. The number of nitrogens with zero attached hydrogens (tertiary/aromatic N) is 1. The second kappa shape index (κ2) is 9.12. The van der Waals surface area contributed by atoms with E-state index in [1.54, 1.807) is 61.8 Å². The first kappa shape index (κ1) is 20.2. The Bertz CT molecular complexity index is 1020. The van der Waals surface area contributed by atoms with E-state index in [9.17, 15) is 9.59 Å². The van der Waals surface area contributed by atoms with E-state index in [1.165, 1.54) is 0 Å². The molecular formula is C23H23N3O3. The lowest BCUT2D eigenvalue weighted by Crippen LogP contribution is -2.13. The lowest BCUT2D eigenvalue weighted by molar-refractivity contribution is 0.0526. The van der Waals surface area contributed by atoms with Gasteiger partial charge in [-0.2, -0.15) is 0 Å². The van der Waals surface area contributed by atoms with Crippen molar-refractivity contribution in [1.82, 2.24) is 4.98 Å². The predicted molar refractivity (Wildman–Crippen MR) is 113 cm³/mol. The molecule has 3 rings (SSSR count). The molecule has 148 valence electrons. The average Bonchev–Trinajstić information content (AvgIpc) is 2.74. The van der Waals surface area contributed by atoms with Crippen LogP contribution in [0.5, 0.6) is 0 Å². The number of aromatic nitrogens is 1. The number of carbonyl (C=O) groups excluding carboxylic acids is 2. The largest absolute Gasteiger partial charge is 0.462 e. The van der Waals surface area contributed by atoms with Crippen molar-refractivity contribution in [1.29, 1.82) is 0 Å². The average molecular weight is 389 g/mol. The molecule has 2 aromatic carbocycles. The zero-order chi connectivity index (χ0) is 20.8. The van der Waals surface area contributed by atoms with Gasteiger partial charge in [-0.3, -0.25) is 9.78 Å². The van der Waals surface area contributed by atoms with Crippen molar-refractivity contribution in [3.63, 3.8) is 0 Å². The molecule has 1 heterocycles. The van der Waals surface area contributed by atoms with Gasteiger partial charge < -0.3 is 15.8 Å². The van der Waals surface area contributed by atoms with Crippen LogP contribution in [0.25, 0.3) is 11.1 Å². The second-order valence-electron chi connectivity index (χ2n) is 6.58. The standard InChI is InChI=1S/C23H23N3O3/c1-3-29-23(28)18-6-4-5-16(13-18)21-14-17(7-8-20(21)15(2)24)22(27)26-19-9-11-25-12-10-19/h4-15H,3,24H2,1-2H3,(H,25,26,27). The van der Waals surface area contributed by atoms with Crippen LogP contribution in [0.3, 0.4) is 0 Å². The summed E-state index contributed by atoms with van der Waals surface area (Å²) in [6.45, 7) is 3.95. The SMILES string of the molecule is CCOC(=O)c1cccc(-c2cc(C(=O)Nc3ccncc3)ccc2C(C)N)c1. The molecule has 0 spiro atoms. The Hall–Kier alpha value is -3.51. The Labute approximate surface area is 169 Å². The molecule has 0 aliphatic heterocycles. The number of benzene rings is 2. The van der Waals surface area contributed by atoms with Crippen molar-refractivity contribution in [3.05, 3.63) is 83.7 Å². The van der Waals surface area contributed by atoms with Crippen LogP contribution < -0.4 is 11.1 Å². The zero-order valence-corrected chi connectivity index (χ0v) is 16.4. The number of nitrogens with two attached hydrogens (primary N) is 1. The minimum absolute atomic E-state index is 0.241. The maximum atomic E-state index is 12.7. The van der Waals surface area contributed by atoms with Crippen LogP contribution in [-0.4, -0.2) is 23.5 Å². The molecule has 6 heteroatoms. The van der Waals surface area contributed by atoms with Gasteiger partial charge >= 0.3 is 5.97 Å². The molecular weight excluding hydrogens is 366 g/mol. The number of ether oxygens (including phenoxy) is 1. The fraction of sp³-hybridized carbons (Fsp3) is 0.174.